The Hall–Kier alpha value is -2.47. The zero-order valence-corrected chi connectivity index (χ0v) is 18.0. The highest BCUT2D eigenvalue weighted by Gasteiger charge is 2.62. The van der Waals surface area contributed by atoms with Crippen molar-refractivity contribution >= 4 is 16.7 Å². The van der Waals surface area contributed by atoms with Crippen LogP contribution in [0.2, 0.25) is 0 Å². The van der Waals surface area contributed by atoms with Crippen LogP contribution >= 0.6 is 0 Å². The van der Waals surface area contributed by atoms with Crippen LogP contribution in [0.4, 0.5) is 5.82 Å². The number of aromatic nitrogens is 4. The molecule has 2 aliphatic carbocycles. The summed E-state index contributed by atoms with van der Waals surface area (Å²) in [5.74, 6) is 0.977. The first kappa shape index (κ1) is 18.3. The highest BCUT2D eigenvalue weighted by Crippen LogP contribution is 2.58. The average Bonchev–Trinajstić information content (AvgIpc) is 3.36. The summed E-state index contributed by atoms with van der Waals surface area (Å²) in [4.78, 5) is 11.8. The fraction of sp³-hybridized carbons (Fsp3) is 0.542. The number of pyridine rings is 2. The van der Waals surface area contributed by atoms with Gasteiger partial charge in [0.2, 0.25) is 0 Å². The highest BCUT2D eigenvalue weighted by atomic mass is 16.3. The Balaban J connectivity index is 1.36. The Morgan fingerprint density at radius 2 is 1.93 bits per heavy atom. The molecule has 2 aliphatic heterocycles. The standard InChI is InChI=1S/C24H29N5O/c1-22(2,30)24-11-18(12-24)28(15-24)21-9-17(5-8-25-21)29-19-10-20(23(3)6-4-7-23)26-13-16(19)14-27-29/h5,8-10,13-14,18,30H,4,6-7,11-12,15H2,1-3H3. The number of fused-ring (bicyclic) bond motifs is 2. The summed E-state index contributed by atoms with van der Waals surface area (Å²) < 4.78 is 2.01. The van der Waals surface area contributed by atoms with E-state index >= 15 is 0 Å². The first-order valence-corrected chi connectivity index (χ1v) is 11.1. The first-order chi connectivity index (χ1) is 14.3. The monoisotopic (exact) mass is 403 g/mol. The van der Waals surface area contributed by atoms with Gasteiger partial charge in [-0.3, -0.25) is 4.98 Å². The van der Waals surface area contributed by atoms with Crippen LogP contribution < -0.4 is 4.90 Å². The van der Waals surface area contributed by atoms with E-state index in [9.17, 15) is 5.11 Å². The first-order valence-electron chi connectivity index (χ1n) is 11.1. The van der Waals surface area contributed by atoms with Crippen molar-refractivity contribution < 1.29 is 5.11 Å². The molecule has 3 aromatic rings. The molecule has 2 bridgehead atoms. The molecule has 0 unspecified atom stereocenters. The Morgan fingerprint density at radius 3 is 2.60 bits per heavy atom. The van der Waals surface area contributed by atoms with E-state index in [4.69, 9.17) is 4.98 Å². The van der Waals surface area contributed by atoms with Crippen LogP contribution in [0.25, 0.3) is 16.6 Å². The van der Waals surface area contributed by atoms with Gasteiger partial charge in [-0.1, -0.05) is 13.3 Å². The molecule has 2 saturated carbocycles. The Morgan fingerprint density at radius 1 is 1.13 bits per heavy atom. The maximum absolute atomic E-state index is 10.7. The average molecular weight is 404 g/mol. The molecule has 4 fully saturated rings. The predicted molar refractivity (Wildman–Crippen MR) is 117 cm³/mol. The topological polar surface area (TPSA) is 67.1 Å². The van der Waals surface area contributed by atoms with Gasteiger partial charge in [-0.15, -0.1) is 0 Å². The summed E-state index contributed by atoms with van der Waals surface area (Å²) in [5.41, 5.74) is 2.83. The maximum Gasteiger partial charge on any atom is 0.130 e. The predicted octanol–water partition coefficient (Wildman–Crippen LogP) is 4.00. The van der Waals surface area contributed by atoms with Gasteiger partial charge in [0, 0.05) is 53.0 Å². The van der Waals surface area contributed by atoms with Gasteiger partial charge in [-0.05, 0) is 51.7 Å². The highest BCUT2D eigenvalue weighted by molar-refractivity contribution is 5.80. The summed E-state index contributed by atoms with van der Waals surface area (Å²) in [6.07, 6.45) is 11.5. The second-order valence-electron chi connectivity index (χ2n) is 10.5. The van der Waals surface area contributed by atoms with Crippen molar-refractivity contribution in [3.8, 4) is 5.69 Å². The molecule has 30 heavy (non-hydrogen) atoms. The molecule has 156 valence electrons. The second-order valence-corrected chi connectivity index (χ2v) is 10.5. The van der Waals surface area contributed by atoms with E-state index in [1.54, 1.807) is 0 Å². The summed E-state index contributed by atoms with van der Waals surface area (Å²) in [6, 6.07) is 6.85. The van der Waals surface area contributed by atoms with E-state index in [1.807, 2.05) is 43.2 Å². The molecule has 0 aromatic carbocycles. The third-order valence-corrected chi connectivity index (χ3v) is 8.26. The van der Waals surface area contributed by atoms with Crippen LogP contribution in [0.3, 0.4) is 0 Å². The van der Waals surface area contributed by atoms with Crippen LogP contribution in [0.5, 0.6) is 0 Å². The van der Waals surface area contributed by atoms with Gasteiger partial charge in [0.1, 0.15) is 5.82 Å². The number of rotatable bonds is 4. The molecule has 0 amide bonds. The van der Waals surface area contributed by atoms with Crippen molar-refractivity contribution in [1.29, 1.82) is 0 Å². The van der Waals surface area contributed by atoms with Gasteiger partial charge in [0.25, 0.3) is 0 Å². The molecule has 0 spiro atoms. The molecule has 3 aromatic heterocycles. The summed E-state index contributed by atoms with van der Waals surface area (Å²) in [5, 5.41) is 16.4. The minimum atomic E-state index is -0.658. The Bertz CT molecular complexity index is 1130. The van der Waals surface area contributed by atoms with Crippen molar-refractivity contribution in [3.63, 3.8) is 0 Å². The van der Waals surface area contributed by atoms with Crippen LogP contribution in [-0.4, -0.2) is 43.0 Å². The largest absolute Gasteiger partial charge is 0.390 e. The number of anilines is 1. The molecule has 1 N–H and O–H groups in total. The van der Waals surface area contributed by atoms with Crippen LogP contribution in [0.1, 0.15) is 58.6 Å². The lowest BCUT2D eigenvalue weighted by atomic mass is 9.61. The molecule has 4 aliphatic rings. The quantitative estimate of drug-likeness (QED) is 0.713. The van der Waals surface area contributed by atoms with Crippen molar-refractivity contribution in [2.24, 2.45) is 5.41 Å². The zero-order valence-electron chi connectivity index (χ0n) is 18.0. The van der Waals surface area contributed by atoms with Crippen molar-refractivity contribution in [1.82, 2.24) is 19.7 Å². The fourth-order valence-electron chi connectivity index (χ4n) is 5.72. The molecule has 6 heteroatoms. The molecule has 6 nitrogen and oxygen atoms in total. The normalized spacial score (nSPS) is 27.2. The maximum atomic E-state index is 10.7. The SMILES string of the molecule is CC1(c2cc3c(cn2)cnn3-c2ccnc(N3CC4(C(C)(C)O)CC3C4)c2)CCC1. The van der Waals surface area contributed by atoms with E-state index in [0.717, 1.165) is 41.8 Å². The van der Waals surface area contributed by atoms with Gasteiger partial charge in [0.05, 0.1) is 23.0 Å². The third-order valence-electron chi connectivity index (χ3n) is 8.26. The van der Waals surface area contributed by atoms with Crippen LogP contribution in [0, 0.1) is 5.41 Å². The number of nitrogens with zero attached hydrogens (tertiary/aromatic N) is 5. The number of hydrogen-bond acceptors (Lipinski definition) is 5. The van der Waals surface area contributed by atoms with E-state index in [-0.39, 0.29) is 10.8 Å². The van der Waals surface area contributed by atoms with Crippen molar-refractivity contribution in [2.45, 2.75) is 69.9 Å². The molecule has 0 atom stereocenters. The minimum Gasteiger partial charge on any atom is -0.390 e. The van der Waals surface area contributed by atoms with E-state index in [2.05, 4.69) is 34.0 Å². The van der Waals surface area contributed by atoms with E-state index in [1.165, 1.54) is 25.0 Å². The Kier molecular flexibility index (Phi) is 3.55. The fourth-order valence-corrected chi connectivity index (χ4v) is 5.72. The summed E-state index contributed by atoms with van der Waals surface area (Å²) in [7, 11) is 0. The van der Waals surface area contributed by atoms with Gasteiger partial charge in [0.15, 0.2) is 0 Å². The van der Waals surface area contributed by atoms with Crippen molar-refractivity contribution in [2.75, 3.05) is 11.4 Å². The van der Waals surface area contributed by atoms with E-state index < -0.39 is 5.60 Å². The summed E-state index contributed by atoms with van der Waals surface area (Å²) >= 11 is 0. The van der Waals surface area contributed by atoms with E-state index in [0.29, 0.717) is 6.04 Å². The van der Waals surface area contributed by atoms with Crippen LogP contribution in [0.15, 0.2) is 36.8 Å². The molecular formula is C24H29N5O. The second kappa shape index (κ2) is 5.82. The molecule has 7 rings (SSSR count). The van der Waals surface area contributed by atoms with Crippen molar-refractivity contribution in [3.05, 3.63) is 42.5 Å². The minimum absolute atomic E-state index is 0.00740. The van der Waals surface area contributed by atoms with Gasteiger partial charge in [-0.25, -0.2) is 9.67 Å². The molecule has 2 saturated heterocycles. The number of aliphatic hydroxyl groups is 1. The van der Waals surface area contributed by atoms with Gasteiger partial charge in [-0.2, -0.15) is 5.10 Å². The zero-order chi connectivity index (χ0) is 20.7. The third kappa shape index (κ3) is 2.43. The lowest BCUT2D eigenvalue weighted by Crippen LogP contribution is -2.50. The van der Waals surface area contributed by atoms with Crippen LogP contribution in [-0.2, 0) is 5.41 Å². The lowest BCUT2D eigenvalue weighted by molar-refractivity contribution is -0.0754. The number of hydrogen-bond donors (Lipinski definition) is 1. The smallest absolute Gasteiger partial charge is 0.130 e. The Labute approximate surface area is 176 Å². The van der Waals surface area contributed by atoms with Gasteiger partial charge < -0.3 is 10.0 Å². The molecule has 5 heterocycles. The molecular weight excluding hydrogens is 374 g/mol. The lowest BCUT2D eigenvalue weighted by Gasteiger charge is -2.45. The summed E-state index contributed by atoms with van der Waals surface area (Å²) in [6.45, 7) is 7.07. The van der Waals surface area contributed by atoms with Gasteiger partial charge >= 0.3 is 0 Å². The molecule has 0 radical (unpaired) electrons.